The summed E-state index contributed by atoms with van der Waals surface area (Å²) in [7, 11) is 0. The minimum atomic E-state index is 0.0302. The molecule has 0 saturated heterocycles. The minimum Gasteiger partial charge on any atom is -0.429 e. The molecule has 2 aromatic rings. The maximum Gasteiger partial charge on any atom is 0.300 e. The van der Waals surface area contributed by atoms with Crippen molar-refractivity contribution < 1.29 is 4.74 Å². The van der Waals surface area contributed by atoms with Crippen LogP contribution in [-0.2, 0) is 11.8 Å². The second-order valence-corrected chi connectivity index (χ2v) is 7.57. The second-order valence-electron chi connectivity index (χ2n) is 5.36. The molecular formula is C14H17BrN2OS. The fourth-order valence-electron chi connectivity index (χ4n) is 1.80. The number of hydrogen-bond donors (Lipinski definition) is 0. The predicted octanol–water partition coefficient (Wildman–Crippen LogP) is 4.95. The van der Waals surface area contributed by atoms with Crippen LogP contribution in [-0.4, -0.2) is 10.2 Å². The van der Waals surface area contributed by atoms with E-state index in [1.807, 2.05) is 6.07 Å². The molecule has 0 spiro atoms. The first-order chi connectivity index (χ1) is 8.90. The van der Waals surface area contributed by atoms with Crippen LogP contribution in [0.1, 0.15) is 38.8 Å². The number of aromatic nitrogens is 2. The van der Waals surface area contributed by atoms with Crippen LogP contribution in [0.3, 0.4) is 0 Å². The molecule has 0 atom stereocenters. The van der Waals surface area contributed by atoms with E-state index in [2.05, 4.69) is 66.0 Å². The van der Waals surface area contributed by atoms with Crippen LogP contribution in [0.5, 0.6) is 10.9 Å². The van der Waals surface area contributed by atoms with Gasteiger partial charge in [-0.15, -0.1) is 5.10 Å². The van der Waals surface area contributed by atoms with Crippen LogP contribution in [0.25, 0.3) is 0 Å². The molecule has 102 valence electrons. The molecule has 0 bridgehead atoms. The van der Waals surface area contributed by atoms with E-state index >= 15 is 0 Å². The summed E-state index contributed by atoms with van der Waals surface area (Å²) in [4.78, 5) is 0. The lowest BCUT2D eigenvalue weighted by molar-refractivity contribution is 0.448. The van der Waals surface area contributed by atoms with Crippen molar-refractivity contribution in [3.63, 3.8) is 0 Å². The molecule has 5 heteroatoms. The number of benzene rings is 1. The molecule has 0 amide bonds. The van der Waals surface area contributed by atoms with Crippen molar-refractivity contribution in [3.8, 4) is 10.9 Å². The van der Waals surface area contributed by atoms with E-state index in [0.29, 0.717) is 5.19 Å². The average molecular weight is 341 g/mol. The lowest BCUT2D eigenvalue weighted by atomic mass is 9.85. The molecule has 0 fully saturated rings. The SMILES string of the molecule is CCc1ccc(Oc2nnc(Br)s2)c(C(C)(C)C)c1. The van der Waals surface area contributed by atoms with Gasteiger partial charge in [-0.1, -0.05) is 44.9 Å². The Labute approximate surface area is 126 Å². The molecule has 1 heterocycles. The first-order valence-corrected chi connectivity index (χ1v) is 7.81. The van der Waals surface area contributed by atoms with Gasteiger partial charge in [-0.05, 0) is 50.7 Å². The van der Waals surface area contributed by atoms with E-state index in [-0.39, 0.29) is 5.41 Å². The lowest BCUT2D eigenvalue weighted by Gasteiger charge is -2.22. The van der Waals surface area contributed by atoms with Gasteiger partial charge < -0.3 is 4.74 Å². The molecule has 0 radical (unpaired) electrons. The molecule has 2 rings (SSSR count). The van der Waals surface area contributed by atoms with Crippen LogP contribution in [0.4, 0.5) is 0 Å². The van der Waals surface area contributed by atoms with E-state index in [1.54, 1.807) is 0 Å². The van der Waals surface area contributed by atoms with Gasteiger partial charge in [0.25, 0.3) is 5.19 Å². The van der Waals surface area contributed by atoms with E-state index in [0.717, 1.165) is 16.1 Å². The molecule has 0 aliphatic rings. The van der Waals surface area contributed by atoms with E-state index in [1.165, 1.54) is 22.5 Å². The molecule has 0 unspecified atom stereocenters. The summed E-state index contributed by atoms with van der Waals surface area (Å²) in [6, 6.07) is 6.33. The van der Waals surface area contributed by atoms with Crippen molar-refractivity contribution in [3.05, 3.63) is 33.2 Å². The summed E-state index contributed by atoms with van der Waals surface area (Å²) in [5.41, 5.74) is 2.54. The average Bonchev–Trinajstić information content (AvgIpc) is 2.74. The molecule has 3 nitrogen and oxygen atoms in total. The van der Waals surface area contributed by atoms with Crippen LogP contribution in [0.2, 0.25) is 0 Å². The van der Waals surface area contributed by atoms with E-state index in [9.17, 15) is 0 Å². The second kappa shape index (κ2) is 5.59. The summed E-state index contributed by atoms with van der Waals surface area (Å²) in [5.74, 6) is 0.855. The summed E-state index contributed by atoms with van der Waals surface area (Å²) >= 11 is 4.68. The van der Waals surface area contributed by atoms with Gasteiger partial charge in [0.2, 0.25) is 0 Å². The third-order valence-electron chi connectivity index (χ3n) is 2.84. The fourth-order valence-corrected chi connectivity index (χ4v) is 2.73. The van der Waals surface area contributed by atoms with Gasteiger partial charge in [-0.3, -0.25) is 0 Å². The van der Waals surface area contributed by atoms with Crippen LogP contribution < -0.4 is 4.74 Å². The Morgan fingerprint density at radius 3 is 2.53 bits per heavy atom. The molecule has 19 heavy (non-hydrogen) atoms. The Bertz CT molecular complexity index is 575. The maximum atomic E-state index is 5.87. The zero-order valence-electron chi connectivity index (χ0n) is 11.5. The predicted molar refractivity (Wildman–Crippen MR) is 82.2 cm³/mol. The zero-order valence-corrected chi connectivity index (χ0v) is 13.9. The number of ether oxygens (including phenoxy) is 1. The molecule has 1 aromatic carbocycles. The molecular weight excluding hydrogens is 324 g/mol. The number of rotatable bonds is 3. The first kappa shape index (κ1) is 14.5. The molecule has 0 saturated carbocycles. The maximum absolute atomic E-state index is 5.87. The van der Waals surface area contributed by atoms with Gasteiger partial charge in [-0.2, -0.15) is 0 Å². The van der Waals surface area contributed by atoms with Crippen molar-refractivity contribution >= 4 is 27.3 Å². The highest BCUT2D eigenvalue weighted by Gasteiger charge is 2.20. The first-order valence-electron chi connectivity index (χ1n) is 6.20. The van der Waals surface area contributed by atoms with Crippen LogP contribution >= 0.6 is 27.3 Å². The Hall–Kier alpha value is -0.940. The van der Waals surface area contributed by atoms with E-state index < -0.39 is 0 Å². The number of hydrogen-bond acceptors (Lipinski definition) is 4. The van der Waals surface area contributed by atoms with Gasteiger partial charge in [0.15, 0.2) is 3.92 Å². The highest BCUT2D eigenvalue weighted by atomic mass is 79.9. The third kappa shape index (κ3) is 3.54. The summed E-state index contributed by atoms with van der Waals surface area (Å²) < 4.78 is 6.60. The normalized spacial score (nSPS) is 11.6. The standard InChI is InChI=1S/C14H17BrN2OS/c1-5-9-6-7-11(10(8-9)14(2,3)4)18-13-17-16-12(15)19-13/h6-8H,5H2,1-4H3. The highest BCUT2D eigenvalue weighted by molar-refractivity contribution is 9.11. The Morgan fingerprint density at radius 2 is 2.00 bits per heavy atom. The quantitative estimate of drug-likeness (QED) is 0.792. The van der Waals surface area contributed by atoms with Gasteiger partial charge in [-0.25, -0.2) is 0 Å². The Balaban J connectivity index is 2.39. The Morgan fingerprint density at radius 1 is 1.26 bits per heavy atom. The number of nitrogens with zero attached hydrogens (tertiary/aromatic N) is 2. The summed E-state index contributed by atoms with van der Waals surface area (Å²) in [5, 5.41) is 8.43. The molecule has 1 aromatic heterocycles. The van der Waals surface area contributed by atoms with Crippen LogP contribution in [0, 0.1) is 0 Å². The topological polar surface area (TPSA) is 35.0 Å². The fraction of sp³-hybridized carbons (Fsp3) is 0.429. The van der Waals surface area contributed by atoms with Crippen molar-refractivity contribution in [2.45, 2.75) is 39.5 Å². The highest BCUT2D eigenvalue weighted by Crippen LogP contribution is 2.36. The van der Waals surface area contributed by atoms with Crippen LogP contribution in [0.15, 0.2) is 22.1 Å². The van der Waals surface area contributed by atoms with Gasteiger partial charge in [0, 0.05) is 5.56 Å². The summed E-state index contributed by atoms with van der Waals surface area (Å²) in [6.45, 7) is 8.71. The molecule has 0 aliphatic heterocycles. The van der Waals surface area contributed by atoms with Gasteiger partial charge >= 0.3 is 0 Å². The van der Waals surface area contributed by atoms with Gasteiger partial charge in [0.1, 0.15) is 5.75 Å². The van der Waals surface area contributed by atoms with Crippen molar-refractivity contribution in [1.82, 2.24) is 10.2 Å². The lowest BCUT2D eigenvalue weighted by Crippen LogP contribution is -2.13. The van der Waals surface area contributed by atoms with Crippen molar-refractivity contribution in [2.24, 2.45) is 0 Å². The van der Waals surface area contributed by atoms with E-state index in [4.69, 9.17) is 4.74 Å². The number of aryl methyl sites for hydroxylation is 1. The zero-order chi connectivity index (χ0) is 14.0. The minimum absolute atomic E-state index is 0.0302. The monoisotopic (exact) mass is 340 g/mol. The third-order valence-corrected chi connectivity index (χ3v) is 4.07. The smallest absolute Gasteiger partial charge is 0.300 e. The van der Waals surface area contributed by atoms with Crippen molar-refractivity contribution in [2.75, 3.05) is 0 Å². The Kier molecular flexibility index (Phi) is 4.26. The largest absolute Gasteiger partial charge is 0.429 e. The molecule has 0 N–H and O–H groups in total. The number of halogens is 1. The summed E-state index contributed by atoms with van der Waals surface area (Å²) in [6.07, 6.45) is 1.02. The van der Waals surface area contributed by atoms with Gasteiger partial charge in [0.05, 0.1) is 0 Å². The molecule has 0 aliphatic carbocycles. The van der Waals surface area contributed by atoms with Crippen molar-refractivity contribution in [1.29, 1.82) is 0 Å².